The van der Waals surface area contributed by atoms with Gasteiger partial charge in [0.05, 0.1) is 0 Å². The van der Waals surface area contributed by atoms with Crippen LogP contribution in [0.1, 0.15) is 68.9 Å². The lowest BCUT2D eigenvalue weighted by Gasteiger charge is -2.14. The molecule has 1 unspecified atom stereocenters. The van der Waals surface area contributed by atoms with E-state index >= 15 is 0 Å². The Morgan fingerprint density at radius 1 is 1.30 bits per heavy atom. The second kappa shape index (κ2) is 8.56. The molecule has 3 N–H and O–H groups in total. The van der Waals surface area contributed by atoms with Crippen molar-refractivity contribution in [1.29, 1.82) is 0 Å². The fourth-order valence-corrected chi connectivity index (χ4v) is 2.21. The van der Waals surface area contributed by atoms with Gasteiger partial charge in [-0.15, -0.1) is 0 Å². The van der Waals surface area contributed by atoms with E-state index in [0.717, 1.165) is 31.4 Å². The second-order valence-corrected chi connectivity index (χ2v) is 5.39. The van der Waals surface area contributed by atoms with Gasteiger partial charge >= 0.3 is 0 Å². The van der Waals surface area contributed by atoms with Crippen molar-refractivity contribution in [2.75, 3.05) is 5.73 Å². The SMILES string of the molecule is CCCCCC(C)NC(=O)c1cc(N)nc(CCC)c1. The van der Waals surface area contributed by atoms with Crippen LogP contribution in [0, 0.1) is 0 Å². The second-order valence-electron chi connectivity index (χ2n) is 5.39. The molecular formula is C16H27N3O. The van der Waals surface area contributed by atoms with E-state index in [-0.39, 0.29) is 11.9 Å². The Balaban J connectivity index is 2.62. The van der Waals surface area contributed by atoms with Gasteiger partial charge in [-0.25, -0.2) is 4.98 Å². The first-order valence-corrected chi connectivity index (χ1v) is 7.64. The Morgan fingerprint density at radius 2 is 2.05 bits per heavy atom. The lowest BCUT2D eigenvalue weighted by atomic mass is 10.1. The zero-order valence-electron chi connectivity index (χ0n) is 12.9. The molecule has 0 aliphatic rings. The van der Waals surface area contributed by atoms with E-state index in [4.69, 9.17) is 5.73 Å². The molecule has 1 aromatic heterocycles. The van der Waals surface area contributed by atoms with Crippen molar-refractivity contribution in [3.63, 3.8) is 0 Å². The number of carbonyl (C=O) groups is 1. The number of nitrogen functional groups attached to an aromatic ring is 1. The zero-order chi connectivity index (χ0) is 15.0. The van der Waals surface area contributed by atoms with E-state index in [1.165, 1.54) is 12.8 Å². The monoisotopic (exact) mass is 277 g/mol. The maximum Gasteiger partial charge on any atom is 0.251 e. The molecule has 0 spiro atoms. The third-order valence-electron chi connectivity index (χ3n) is 3.28. The number of pyridine rings is 1. The van der Waals surface area contributed by atoms with Gasteiger partial charge in [0.15, 0.2) is 0 Å². The highest BCUT2D eigenvalue weighted by Crippen LogP contribution is 2.11. The molecule has 1 atom stereocenters. The average Bonchev–Trinajstić information content (AvgIpc) is 2.38. The Kier molecular flexibility index (Phi) is 7.05. The molecule has 4 nitrogen and oxygen atoms in total. The summed E-state index contributed by atoms with van der Waals surface area (Å²) >= 11 is 0. The first-order valence-electron chi connectivity index (χ1n) is 7.64. The first-order chi connectivity index (χ1) is 9.56. The first kappa shape index (κ1) is 16.5. The van der Waals surface area contributed by atoms with Crippen LogP contribution in [0.25, 0.3) is 0 Å². The molecule has 1 aromatic rings. The summed E-state index contributed by atoms with van der Waals surface area (Å²) in [7, 11) is 0. The summed E-state index contributed by atoms with van der Waals surface area (Å²) in [5.41, 5.74) is 7.27. The van der Waals surface area contributed by atoms with E-state index < -0.39 is 0 Å². The molecule has 112 valence electrons. The zero-order valence-corrected chi connectivity index (χ0v) is 12.9. The van der Waals surface area contributed by atoms with Gasteiger partial charge in [-0.3, -0.25) is 4.79 Å². The number of nitrogens with one attached hydrogen (secondary N) is 1. The number of hydrogen-bond acceptors (Lipinski definition) is 3. The van der Waals surface area contributed by atoms with Gasteiger partial charge in [0.1, 0.15) is 5.82 Å². The number of aryl methyl sites for hydroxylation is 1. The molecule has 1 rings (SSSR count). The number of amides is 1. The maximum atomic E-state index is 12.2. The summed E-state index contributed by atoms with van der Waals surface area (Å²) in [5.74, 6) is 0.361. The van der Waals surface area contributed by atoms with Gasteiger partial charge in [0.2, 0.25) is 0 Å². The Bertz CT molecular complexity index is 432. The molecule has 0 aliphatic carbocycles. The quantitative estimate of drug-likeness (QED) is 0.716. The van der Waals surface area contributed by atoms with Crippen molar-refractivity contribution in [2.45, 2.75) is 65.3 Å². The number of nitrogens with zero attached hydrogens (tertiary/aromatic N) is 1. The highest BCUT2D eigenvalue weighted by molar-refractivity contribution is 5.95. The number of anilines is 1. The molecule has 0 fully saturated rings. The Hall–Kier alpha value is -1.58. The molecule has 1 heterocycles. The minimum absolute atomic E-state index is 0.0551. The number of unbranched alkanes of at least 4 members (excludes halogenated alkanes) is 2. The molecule has 0 radical (unpaired) electrons. The lowest BCUT2D eigenvalue weighted by Crippen LogP contribution is -2.32. The van der Waals surface area contributed by atoms with Crippen molar-refractivity contribution >= 4 is 11.7 Å². The summed E-state index contributed by atoms with van der Waals surface area (Å²) in [6, 6.07) is 3.68. The van der Waals surface area contributed by atoms with Gasteiger partial charge < -0.3 is 11.1 Å². The van der Waals surface area contributed by atoms with Crippen LogP contribution in [0.2, 0.25) is 0 Å². The van der Waals surface area contributed by atoms with E-state index in [0.29, 0.717) is 11.4 Å². The van der Waals surface area contributed by atoms with Crippen LogP contribution >= 0.6 is 0 Å². The van der Waals surface area contributed by atoms with Crippen molar-refractivity contribution in [2.24, 2.45) is 0 Å². The number of aromatic nitrogens is 1. The summed E-state index contributed by atoms with van der Waals surface area (Å²) < 4.78 is 0. The van der Waals surface area contributed by atoms with Crippen molar-refractivity contribution in [3.05, 3.63) is 23.4 Å². The van der Waals surface area contributed by atoms with Gasteiger partial charge in [-0.2, -0.15) is 0 Å². The van der Waals surface area contributed by atoms with Crippen LogP contribution in [0.4, 0.5) is 5.82 Å². The van der Waals surface area contributed by atoms with Crippen LogP contribution in [0.5, 0.6) is 0 Å². The van der Waals surface area contributed by atoms with Crippen LogP contribution in [-0.4, -0.2) is 16.9 Å². The molecule has 4 heteroatoms. The molecule has 0 saturated heterocycles. The maximum absolute atomic E-state index is 12.2. The molecule has 1 amide bonds. The third kappa shape index (κ3) is 5.59. The predicted molar refractivity (Wildman–Crippen MR) is 83.7 cm³/mol. The highest BCUT2D eigenvalue weighted by atomic mass is 16.1. The average molecular weight is 277 g/mol. The molecule has 0 bridgehead atoms. The largest absolute Gasteiger partial charge is 0.384 e. The van der Waals surface area contributed by atoms with Crippen LogP contribution < -0.4 is 11.1 Å². The standard InChI is InChI=1S/C16H27N3O/c1-4-6-7-9-12(3)18-16(20)13-10-14(8-5-2)19-15(17)11-13/h10-12H,4-9H2,1-3H3,(H2,17,19)(H,18,20). The summed E-state index contributed by atoms with van der Waals surface area (Å²) in [6.07, 6.45) is 6.41. The third-order valence-corrected chi connectivity index (χ3v) is 3.28. The van der Waals surface area contributed by atoms with Crippen LogP contribution in [-0.2, 0) is 6.42 Å². The summed E-state index contributed by atoms with van der Waals surface area (Å²) in [5, 5.41) is 3.03. The van der Waals surface area contributed by atoms with E-state index in [1.807, 2.05) is 13.0 Å². The fourth-order valence-electron chi connectivity index (χ4n) is 2.21. The lowest BCUT2D eigenvalue weighted by molar-refractivity contribution is 0.0937. The summed E-state index contributed by atoms with van der Waals surface area (Å²) in [6.45, 7) is 6.31. The van der Waals surface area contributed by atoms with Gasteiger partial charge in [-0.1, -0.05) is 39.5 Å². The number of nitrogens with two attached hydrogens (primary N) is 1. The smallest absolute Gasteiger partial charge is 0.251 e. The molecular weight excluding hydrogens is 250 g/mol. The van der Waals surface area contributed by atoms with Crippen LogP contribution in [0.3, 0.4) is 0 Å². The Morgan fingerprint density at radius 3 is 2.70 bits per heavy atom. The Labute approximate surface area is 122 Å². The fraction of sp³-hybridized carbons (Fsp3) is 0.625. The summed E-state index contributed by atoms with van der Waals surface area (Å²) in [4.78, 5) is 16.4. The van der Waals surface area contributed by atoms with Crippen LogP contribution in [0.15, 0.2) is 12.1 Å². The topological polar surface area (TPSA) is 68.0 Å². The predicted octanol–water partition coefficient (Wildman–Crippen LogP) is 3.31. The minimum atomic E-state index is -0.0551. The normalized spacial score (nSPS) is 12.2. The molecule has 0 saturated carbocycles. The van der Waals surface area contributed by atoms with Gasteiger partial charge in [0.25, 0.3) is 5.91 Å². The van der Waals surface area contributed by atoms with Crippen molar-refractivity contribution in [1.82, 2.24) is 10.3 Å². The van der Waals surface area contributed by atoms with E-state index in [1.54, 1.807) is 6.07 Å². The number of carbonyl (C=O) groups excluding carboxylic acids is 1. The molecule has 0 aromatic carbocycles. The van der Waals surface area contributed by atoms with Gasteiger partial charge in [0, 0.05) is 17.3 Å². The minimum Gasteiger partial charge on any atom is -0.384 e. The number of hydrogen-bond donors (Lipinski definition) is 2. The number of rotatable bonds is 8. The van der Waals surface area contributed by atoms with E-state index in [2.05, 4.69) is 24.1 Å². The molecule has 0 aliphatic heterocycles. The molecule has 20 heavy (non-hydrogen) atoms. The highest BCUT2D eigenvalue weighted by Gasteiger charge is 2.11. The van der Waals surface area contributed by atoms with Gasteiger partial charge in [-0.05, 0) is 31.9 Å². The van der Waals surface area contributed by atoms with E-state index in [9.17, 15) is 4.79 Å². The van der Waals surface area contributed by atoms with Crippen molar-refractivity contribution < 1.29 is 4.79 Å². The van der Waals surface area contributed by atoms with Crippen molar-refractivity contribution in [3.8, 4) is 0 Å².